The van der Waals surface area contributed by atoms with E-state index in [4.69, 9.17) is 4.74 Å². The van der Waals surface area contributed by atoms with Gasteiger partial charge in [0.1, 0.15) is 17.6 Å². The Hall–Kier alpha value is -2.61. The minimum atomic E-state index is -3.86. The summed E-state index contributed by atoms with van der Waals surface area (Å²) in [4.78, 5) is 12.7. The summed E-state index contributed by atoms with van der Waals surface area (Å²) in [5.41, 5.74) is 0.895. The van der Waals surface area contributed by atoms with E-state index in [-0.39, 0.29) is 12.1 Å². The van der Waals surface area contributed by atoms with Gasteiger partial charge in [-0.2, -0.15) is 0 Å². The first-order valence-electron chi connectivity index (χ1n) is 9.43. The second kappa shape index (κ2) is 10.2. The fourth-order valence-corrected chi connectivity index (χ4v) is 4.40. The zero-order valence-electron chi connectivity index (χ0n) is 16.9. The highest BCUT2D eigenvalue weighted by molar-refractivity contribution is 7.92. The van der Waals surface area contributed by atoms with Crippen molar-refractivity contribution in [1.82, 2.24) is 5.32 Å². The molecule has 2 aromatic carbocycles. The summed E-state index contributed by atoms with van der Waals surface area (Å²) in [6.07, 6.45) is 2.53. The molecule has 2 rings (SSSR count). The van der Waals surface area contributed by atoms with E-state index < -0.39 is 27.8 Å². The summed E-state index contributed by atoms with van der Waals surface area (Å²) >= 11 is 0. The van der Waals surface area contributed by atoms with Crippen molar-refractivity contribution in [2.75, 3.05) is 24.2 Å². The topological polar surface area (TPSA) is 75.7 Å². The molecule has 0 bridgehead atoms. The van der Waals surface area contributed by atoms with Crippen molar-refractivity contribution in [3.8, 4) is 5.75 Å². The number of carbonyl (C=O) groups excluding carboxylic acids is 1. The van der Waals surface area contributed by atoms with Gasteiger partial charge in [0.15, 0.2) is 0 Å². The highest BCUT2D eigenvalue weighted by Gasteiger charge is 2.32. The Morgan fingerprint density at radius 1 is 1.17 bits per heavy atom. The van der Waals surface area contributed by atoms with Crippen LogP contribution in [0, 0.1) is 5.82 Å². The Labute approximate surface area is 171 Å². The molecule has 0 aliphatic rings. The monoisotopic (exact) mass is 422 g/mol. The molecule has 158 valence electrons. The van der Waals surface area contributed by atoms with Crippen LogP contribution >= 0.6 is 0 Å². The molecular formula is C21H27FN2O4S. The number of nitrogens with zero attached hydrogens (tertiary/aromatic N) is 1. The molecule has 0 unspecified atom stereocenters. The van der Waals surface area contributed by atoms with Gasteiger partial charge in [0.25, 0.3) is 0 Å². The van der Waals surface area contributed by atoms with Crippen LogP contribution in [0.5, 0.6) is 5.75 Å². The Morgan fingerprint density at radius 2 is 1.83 bits per heavy atom. The molecule has 0 aliphatic carbocycles. The van der Waals surface area contributed by atoms with Gasteiger partial charge in [-0.1, -0.05) is 37.3 Å². The third kappa shape index (κ3) is 5.93. The Kier molecular flexibility index (Phi) is 8.01. The predicted octanol–water partition coefficient (Wildman–Crippen LogP) is 3.13. The minimum Gasteiger partial charge on any atom is -0.496 e. The van der Waals surface area contributed by atoms with Gasteiger partial charge in [-0.25, -0.2) is 12.8 Å². The van der Waals surface area contributed by atoms with Gasteiger partial charge >= 0.3 is 0 Å². The molecule has 1 atom stereocenters. The lowest BCUT2D eigenvalue weighted by Gasteiger charge is -2.30. The maximum Gasteiger partial charge on any atom is 0.243 e. The van der Waals surface area contributed by atoms with E-state index in [1.807, 2.05) is 24.3 Å². The van der Waals surface area contributed by atoms with E-state index in [9.17, 15) is 17.6 Å². The number of hydrogen-bond donors (Lipinski definition) is 1. The maximum atomic E-state index is 14.2. The highest BCUT2D eigenvalue weighted by Crippen LogP contribution is 2.25. The second-order valence-electron chi connectivity index (χ2n) is 6.64. The van der Waals surface area contributed by atoms with Gasteiger partial charge in [0, 0.05) is 6.54 Å². The smallest absolute Gasteiger partial charge is 0.243 e. The lowest BCUT2D eigenvalue weighted by atomic mass is 10.1. The van der Waals surface area contributed by atoms with Crippen molar-refractivity contribution in [2.24, 2.45) is 0 Å². The number of nitrogens with one attached hydrogen (secondary N) is 1. The fourth-order valence-electron chi connectivity index (χ4n) is 3.18. The molecule has 1 N–H and O–H groups in total. The van der Waals surface area contributed by atoms with E-state index in [0.29, 0.717) is 19.4 Å². The number of aryl methyl sites for hydroxylation is 1. The van der Waals surface area contributed by atoms with Crippen LogP contribution in [0.25, 0.3) is 0 Å². The van der Waals surface area contributed by atoms with Crippen LogP contribution in [0.2, 0.25) is 0 Å². The predicted molar refractivity (Wildman–Crippen MR) is 112 cm³/mol. The van der Waals surface area contributed by atoms with Gasteiger partial charge in [0.2, 0.25) is 15.9 Å². The number of hydrogen-bond acceptors (Lipinski definition) is 4. The molecular weight excluding hydrogens is 395 g/mol. The van der Waals surface area contributed by atoms with Crippen molar-refractivity contribution >= 4 is 21.6 Å². The summed E-state index contributed by atoms with van der Waals surface area (Å²) in [6, 6.07) is 12.1. The van der Waals surface area contributed by atoms with Gasteiger partial charge in [-0.3, -0.25) is 9.10 Å². The summed E-state index contributed by atoms with van der Waals surface area (Å²) < 4.78 is 45.1. The molecule has 29 heavy (non-hydrogen) atoms. The first-order chi connectivity index (χ1) is 13.8. The van der Waals surface area contributed by atoms with Crippen LogP contribution in [-0.4, -0.2) is 40.3 Å². The molecule has 1 amide bonds. The Morgan fingerprint density at radius 3 is 2.45 bits per heavy atom. The standard InChI is InChI=1S/C21H27FN2O4S/c1-4-18(24(29(3,26)27)19-13-7-6-12-17(19)22)21(25)23-15-9-11-16-10-5-8-14-20(16)28-2/h5-8,10,12-14,18H,4,9,11,15H2,1-3H3,(H,23,25)/t18-/m1/s1. The number of amides is 1. The zero-order valence-corrected chi connectivity index (χ0v) is 17.7. The van der Waals surface area contributed by atoms with Crippen LogP contribution in [0.15, 0.2) is 48.5 Å². The molecule has 0 aromatic heterocycles. The first-order valence-corrected chi connectivity index (χ1v) is 11.3. The molecule has 0 saturated heterocycles. The molecule has 0 heterocycles. The average Bonchev–Trinajstić information content (AvgIpc) is 2.69. The van der Waals surface area contributed by atoms with Crippen molar-refractivity contribution in [2.45, 2.75) is 32.2 Å². The molecule has 6 nitrogen and oxygen atoms in total. The van der Waals surface area contributed by atoms with Crippen molar-refractivity contribution in [3.63, 3.8) is 0 Å². The molecule has 0 radical (unpaired) electrons. The molecule has 0 aliphatic heterocycles. The molecule has 0 fully saturated rings. The number of methoxy groups -OCH3 is 1. The largest absolute Gasteiger partial charge is 0.496 e. The fraction of sp³-hybridized carbons (Fsp3) is 0.381. The van der Waals surface area contributed by atoms with Crippen LogP contribution in [0.3, 0.4) is 0 Å². The van der Waals surface area contributed by atoms with Crippen molar-refractivity contribution < 1.29 is 22.3 Å². The quantitative estimate of drug-likeness (QED) is 0.597. The van der Waals surface area contributed by atoms with Crippen LogP contribution < -0.4 is 14.4 Å². The number of carbonyl (C=O) groups is 1. The first kappa shape index (κ1) is 22.7. The lowest BCUT2D eigenvalue weighted by Crippen LogP contribution is -2.49. The summed E-state index contributed by atoms with van der Waals surface area (Å²) in [5, 5.41) is 2.77. The lowest BCUT2D eigenvalue weighted by molar-refractivity contribution is -0.122. The second-order valence-corrected chi connectivity index (χ2v) is 8.50. The average molecular weight is 423 g/mol. The van der Waals surface area contributed by atoms with Crippen molar-refractivity contribution in [1.29, 1.82) is 0 Å². The number of halogens is 1. The molecule has 2 aromatic rings. The van der Waals surface area contributed by atoms with Crippen LogP contribution in [-0.2, 0) is 21.2 Å². The van der Waals surface area contributed by atoms with Gasteiger partial charge < -0.3 is 10.1 Å². The number of sulfonamides is 1. The summed E-state index contributed by atoms with van der Waals surface area (Å²) in [6.45, 7) is 2.06. The minimum absolute atomic E-state index is 0.133. The van der Waals surface area contributed by atoms with Gasteiger partial charge in [-0.05, 0) is 43.0 Å². The van der Waals surface area contributed by atoms with E-state index in [2.05, 4.69) is 5.32 Å². The highest BCUT2D eigenvalue weighted by atomic mass is 32.2. The van der Waals surface area contributed by atoms with E-state index in [0.717, 1.165) is 21.9 Å². The van der Waals surface area contributed by atoms with Gasteiger partial charge in [0.05, 0.1) is 19.1 Å². The normalized spacial score (nSPS) is 12.3. The maximum absolute atomic E-state index is 14.2. The number of ether oxygens (including phenoxy) is 1. The molecule has 0 saturated carbocycles. The van der Waals surface area contributed by atoms with E-state index >= 15 is 0 Å². The zero-order chi connectivity index (χ0) is 21.4. The van der Waals surface area contributed by atoms with Crippen LogP contribution in [0.4, 0.5) is 10.1 Å². The summed E-state index contributed by atoms with van der Waals surface area (Å²) in [5.74, 6) is -0.366. The van der Waals surface area contributed by atoms with E-state index in [1.54, 1.807) is 14.0 Å². The molecule has 8 heteroatoms. The Bertz CT molecular complexity index is 934. The van der Waals surface area contributed by atoms with Crippen molar-refractivity contribution in [3.05, 3.63) is 59.9 Å². The van der Waals surface area contributed by atoms with Gasteiger partial charge in [-0.15, -0.1) is 0 Å². The van der Waals surface area contributed by atoms with E-state index in [1.165, 1.54) is 24.3 Å². The number of rotatable bonds is 10. The molecule has 0 spiro atoms. The Balaban J connectivity index is 2.07. The third-order valence-electron chi connectivity index (χ3n) is 4.53. The third-order valence-corrected chi connectivity index (χ3v) is 5.70. The number of anilines is 1. The van der Waals surface area contributed by atoms with Crippen LogP contribution in [0.1, 0.15) is 25.3 Å². The number of para-hydroxylation sites is 2. The SMILES string of the molecule is CC[C@H](C(=O)NCCCc1ccccc1OC)N(c1ccccc1F)S(C)(=O)=O. The summed E-state index contributed by atoms with van der Waals surface area (Å²) in [7, 11) is -2.26. The number of benzene rings is 2.